The van der Waals surface area contributed by atoms with Crippen molar-refractivity contribution >= 4 is 17.7 Å². The summed E-state index contributed by atoms with van der Waals surface area (Å²) in [6.07, 6.45) is 3.91. The minimum atomic E-state index is 0.301. The Bertz CT molecular complexity index is 207. The van der Waals surface area contributed by atoms with Crippen molar-refractivity contribution in [3.8, 4) is 0 Å². The average molecular weight is 230 g/mol. The highest BCUT2D eigenvalue weighted by atomic mass is 32.2. The van der Waals surface area contributed by atoms with E-state index in [-0.39, 0.29) is 0 Å². The third kappa shape index (κ3) is 4.03. The topological polar surface area (TPSA) is 32.3 Å². The predicted molar refractivity (Wildman–Crippen MR) is 66.2 cm³/mol. The van der Waals surface area contributed by atoms with Gasteiger partial charge < -0.3 is 10.2 Å². The number of carbonyl (C=O) groups excluding carboxylic acids is 1. The molecule has 0 saturated carbocycles. The molecule has 1 unspecified atom stereocenters. The van der Waals surface area contributed by atoms with Gasteiger partial charge in [-0.1, -0.05) is 0 Å². The van der Waals surface area contributed by atoms with Crippen LogP contribution in [-0.2, 0) is 4.79 Å². The van der Waals surface area contributed by atoms with Crippen LogP contribution in [0.5, 0.6) is 0 Å². The van der Waals surface area contributed by atoms with Crippen LogP contribution in [0, 0.1) is 5.92 Å². The van der Waals surface area contributed by atoms with Gasteiger partial charge in [-0.15, -0.1) is 0 Å². The Morgan fingerprint density at radius 3 is 2.73 bits per heavy atom. The second-order valence-corrected chi connectivity index (χ2v) is 5.35. The van der Waals surface area contributed by atoms with E-state index in [4.69, 9.17) is 0 Å². The lowest BCUT2D eigenvalue weighted by Gasteiger charge is -2.30. The van der Waals surface area contributed by atoms with Gasteiger partial charge in [-0.2, -0.15) is 11.8 Å². The summed E-state index contributed by atoms with van der Waals surface area (Å²) in [7, 11) is 1.93. The number of nitrogens with one attached hydrogen (secondary N) is 1. The molecule has 1 aliphatic heterocycles. The molecule has 1 heterocycles. The van der Waals surface area contributed by atoms with Gasteiger partial charge in [0.2, 0.25) is 5.91 Å². The van der Waals surface area contributed by atoms with Crippen molar-refractivity contribution < 1.29 is 4.79 Å². The fourth-order valence-electron chi connectivity index (χ4n) is 1.61. The van der Waals surface area contributed by atoms with Gasteiger partial charge in [-0.05, 0) is 44.4 Å². The van der Waals surface area contributed by atoms with Crippen LogP contribution >= 0.6 is 11.8 Å². The zero-order chi connectivity index (χ0) is 11.3. The summed E-state index contributed by atoms with van der Waals surface area (Å²) in [5.74, 6) is 2.01. The van der Waals surface area contributed by atoms with Crippen molar-refractivity contribution in [1.82, 2.24) is 10.2 Å². The van der Waals surface area contributed by atoms with Gasteiger partial charge in [0.25, 0.3) is 0 Å². The maximum absolute atomic E-state index is 11.8. The van der Waals surface area contributed by atoms with Crippen LogP contribution in [0.4, 0.5) is 0 Å². The molecule has 0 aromatic carbocycles. The van der Waals surface area contributed by atoms with Crippen molar-refractivity contribution in [3.63, 3.8) is 0 Å². The fraction of sp³-hybridized carbons (Fsp3) is 0.909. The first-order chi connectivity index (χ1) is 7.15. The fourth-order valence-corrected chi connectivity index (χ4v) is 2.19. The van der Waals surface area contributed by atoms with Gasteiger partial charge in [0.05, 0.1) is 0 Å². The molecule has 0 aliphatic carbocycles. The molecule has 3 nitrogen and oxygen atoms in total. The molecule has 0 spiro atoms. The highest BCUT2D eigenvalue weighted by Crippen LogP contribution is 2.13. The van der Waals surface area contributed by atoms with E-state index in [1.54, 1.807) is 0 Å². The van der Waals surface area contributed by atoms with Crippen LogP contribution in [0.25, 0.3) is 0 Å². The Morgan fingerprint density at radius 2 is 2.27 bits per heavy atom. The Balaban J connectivity index is 2.23. The minimum absolute atomic E-state index is 0.301. The summed E-state index contributed by atoms with van der Waals surface area (Å²) in [5.41, 5.74) is 0. The largest absolute Gasteiger partial charge is 0.343 e. The maximum atomic E-state index is 11.8. The van der Waals surface area contributed by atoms with Crippen LogP contribution in [0.2, 0.25) is 0 Å². The van der Waals surface area contributed by atoms with Gasteiger partial charge in [-0.25, -0.2) is 0 Å². The Kier molecular flexibility index (Phi) is 5.47. The second-order valence-electron chi connectivity index (χ2n) is 4.36. The first-order valence-electron chi connectivity index (χ1n) is 5.60. The number of nitrogens with zero attached hydrogens (tertiary/aromatic N) is 1. The van der Waals surface area contributed by atoms with E-state index >= 15 is 0 Å². The molecule has 0 aromatic rings. The number of rotatable bonds is 6. The number of carbonyl (C=O) groups is 1. The second kappa shape index (κ2) is 6.38. The third-order valence-electron chi connectivity index (χ3n) is 3.12. The molecule has 15 heavy (non-hydrogen) atoms. The Labute approximate surface area is 97.0 Å². The normalized spacial score (nSPS) is 18.3. The zero-order valence-corrected chi connectivity index (χ0v) is 10.8. The summed E-state index contributed by atoms with van der Waals surface area (Å²) < 4.78 is 0. The van der Waals surface area contributed by atoms with Crippen LogP contribution in [0.15, 0.2) is 0 Å². The average Bonchev–Trinajstić information content (AvgIpc) is 2.18. The van der Waals surface area contributed by atoms with Gasteiger partial charge in [0, 0.05) is 19.5 Å². The lowest BCUT2D eigenvalue weighted by molar-refractivity contribution is -0.133. The molecular weight excluding hydrogens is 208 g/mol. The Morgan fingerprint density at radius 1 is 1.60 bits per heavy atom. The van der Waals surface area contributed by atoms with Crippen LogP contribution in [0.1, 0.15) is 19.8 Å². The number of thioether (sulfide) groups is 1. The Hall–Kier alpha value is -0.220. The number of amides is 1. The molecule has 1 aliphatic rings. The van der Waals surface area contributed by atoms with E-state index in [1.165, 1.54) is 0 Å². The molecular formula is C11H22N2OS. The standard InChI is InChI=1S/C11H22N2OS/c1-9(4-5-15-3)13(2)11(14)6-10-7-12-8-10/h9-10,12H,4-8H2,1-3H3. The van der Waals surface area contributed by atoms with Crippen molar-refractivity contribution in [2.24, 2.45) is 5.92 Å². The van der Waals surface area contributed by atoms with Crippen molar-refractivity contribution in [3.05, 3.63) is 0 Å². The number of hydrogen-bond acceptors (Lipinski definition) is 3. The predicted octanol–water partition coefficient (Wildman–Crippen LogP) is 1.20. The summed E-state index contributed by atoms with van der Waals surface area (Å²) in [5, 5.41) is 3.19. The maximum Gasteiger partial charge on any atom is 0.222 e. The third-order valence-corrected chi connectivity index (χ3v) is 3.77. The SMILES string of the molecule is CSCCC(C)N(C)C(=O)CC1CNC1. The summed E-state index contributed by atoms with van der Waals surface area (Å²) >= 11 is 1.84. The van der Waals surface area contributed by atoms with Crippen LogP contribution in [-0.4, -0.2) is 49.0 Å². The van der Waals surface area contributed by atoms with Crippen molar-refractivity contribution in [2.75, 3.05) is 32.1 Å². The van der Waals surface area contributed by atoms with Gasteiger partial charge in [-0.3, -0.25) is 4.79 Å². The van der Waals surface area contributed by atoms with Crippen molar-refractivity contribution in [1.29, 1.82) is 0 Å². The van der Waals surface area contributed by atoms with Gasteiger partial charge in [0.15, 0.2) is 0 Å². The van der Waals surface area contributed by atoms with Crippen molar-refractivity contribution in [2.45, 2.75) is 25.8 Å². The van der Waals surface area contributed by atoms with Crippen LogP contribution < -0.4 is 5.32 Å². The molecule has 1 saturated heterocycles. The summed E-state index contributed by atoms with van der Waals surface area (Å²) in [6.45, 7) is 4.16. The van der Waals surface area contributed by atoms with E-state index < -0.39 is 0 Å². The van der Waals surface area contributed by atoms with E-state index in [9.17, 15) is 4.79 Å². The molecule has 1 fully saturated rings. The highest BCUT2D eigenvalue weighted by Gasteiger charge is 2.23. The van der Waals surface area contributed by atoms with E-state index in [0.29, 0.717) is 24.3 Å². The first kappa shape index (κ1) is 12.8. The molecule has 0 bridgehead atoms. The van der Waals surface area contributed by atoms with E-state index in [0.717, 1.165) is 25.3 Å². The molecule has 1 rings (SSSR count). The lowest BCUT2D eigenvalue weighted by Crippen LogP contribution is -2.46. The molecule has 88 valence electrons. The molecule has 1 N–H and O–H groups in total. The number of hydrogen-bond donors (Lipinski definition) is 1. The monoisotopic (exact) mass is 230 g/mol. The zero-order valence-electron chi connectivity index (χ0n) is 9.95. The van der Waals surface area contributed by atoms with Gasteiger partial charge >= 0.3 is 0 Å². The lowest BCUT2D eigenvalue weighted by atomic mass is 9.98. The molecule has 4 heteroatoms. The van der Waals surface area contributed by atoms with Crippen LogP contribution in [0.3, 0.4) is 0 Å². The first-order valence-corrected chi connectivity index (χ1v) is 6.99. The van der Waals surface area contributed by atoms with E-state index in [2.05, 4.69) is 18.5 Å². The van der Waals surface area contributed by atoms with Gasteiger partial charge in [0.1, 0.15) is 0 Å². The smallest absolute Gasteiger partial charge is 0.222 e. The molecule has 1 atom stereocenters. The molecule has 1 amide bonds. The minimum Gasteiger partial charge on any atom is -0.343 e. The quantitative estimate of drug-likeness (QED) is 0.744. The molecule has 0 radical (unpaired) electrons. The highest BCUT2D eigenvalue weighted by molar-refractivity contribution is 7.98. The summed E-state index contributed by atoms with van der Waals surface area (Å²) in [4.78, 5) is 13.8. The molecule has 0 aromatic heterocycles. The summed E-state index contributed by atoms with van der Waals surface area (Å²) in [6, 6.07) is 0.373. The van der Waals surface area contributed by atoms with E-state index in [1.807, 2.05) is 23.7 Å².